The molecule has 1 aromatic carbocycles. The van der Waals surface area contributed by atoms with Gasteiger partial charge in [-0.25, -0.2) is 4.99 Å². The Morgan fingerprint density at radius 2 is 1.68 bits per heavy atom. The number of nitrogens with two attached hydrogens (primary N) is 2. The van der Waals surface area contributed by atoms with Crippen molar-refractivity contribution >= 4 is 73.2 Å². The molecule has 22 heavy (non-hydrogen) atoms. The minimum Gasteiger partial charge on any atom is -0.399 e. The van der Waals surface area contributed by atoms with Crippen LogP contribution in [-0.2, 0) is 10.1 Å². The van der Waals surface area contributed by atoms with Crippen LogP contribution in [0.2, 0.25) is 0 Å². The molecule has 1 heterocycles. The topological polar surface area (TPSA) is 131 Å². The first-order valence-electron chi connectivity index (χ1n) is 5.32. The maximum atomic E-state index is 10.9. The third kappa shape index (κ3) is 4.55. The van der Waals surface area contributed by atoms with Crippen molar-refractivity contribution < 1.29 is 13.0 Å². The van der Waals surface area contributed by atoms with Gasteiger partial charge in [-0.2, -0.15) is 8.42 Å². The highest BCUT2D eigenvalue weighted by atomic mass is 35.5. The Balaban J connectivity index is 0.000000255. The third-order valence-corrected chi connectivity index (χ3v) is 5.24. The summed E-state index contributed by atoms with van der Waals surface area (Å²) >= 11 is 21.8. The fourth-order valence-electron chi connectivity index (χ4n) is 1.21. The Hall–Kier alpha value is -0.900. The SMILES string of the molecule is Nc1cccc(N)c1.O=S(=O)(O)C1(Cl)N=C(Cl)NC(Cl)=C1Cl. The molecule has 7 nitrogen and oxygen atoms in total. The van der Waals surface area contributed by atoms with Gasteiger partial charge in [0, 0.05) is 11.4 Å². The lowest BCUT2D eigenvalue weighted by Gasteiger charge is -2.24. The average molecular weight is 408 g/mol. The first-order chi connectivity index (χ1) is 9.97. The highest BCUT2D eigenvalue weighted by Gasteiger charge is 2.48. The standard InChI is InChI=1S/C6H8N2.C4H2Cl4N2O3S/c7-5-2-1-3-6(8)4-5;5-1-2(6)9-3(7)10-4(1,8)14(11,12)13/h1-4H,7-8H2;(H,9,10)(H,11,12,13). The van der Waals surface area contributed by atoms with Crippen molar-refractivity contribution in [3.8, 4) is 0 Å². The lowest BCUT2D eigenvalue weighted by Crippen LogP contribution is -2.38. The van der Waals surface area contributed by atoms with Crippen LogP contribution in [0.25, 0.3) is 0 Å². The lowest BCUT2D eigenvalue weighted by molar-refractivity contribution is 0.469. The highest BCUT2D eigenvalue weighted by Crippen LogP contribution is 2.39. The first-order valence-corrected chi connectivity index (χ1v) is 8.27. The lowest BCUT2D eigenvalue weighted by atomic mass is 10.3. The molecule has 1 aromatic rings. The molecule has 1 aliphatic rings. The second-order valence-electron chi connectivity index (χ2n) is 3.86. The molecular formula is C10H10Cl4N4O3S. The van der Waals surface area contributed by atoms with Crippen LogP contribution in [0.4, 0.5) is 11.4 Å². The summed E-state index contributed by atoms with van der Waals surface area (Å²) in [5.41, 5.74) is 12.2. The van der Waals surface area contributed by atoms with Gasteiger partial charge in [0.15, 0.2) is 5.29 Å². The van der Waals surface area contributed by atoms with Gasteiger partial charge in [-0.1, -0.05) is 40.9 Å². The van der Waals surface area contributed by atoms with E-state index in [4.69, 9.17) is 62.4 Å². The van der Waals surface area contributed by atoms with Gasteiger partial charge in [0.1, 0.15) is 10.2 Å². The van der Waals surface area contributed by atoms with E-state index >= 15 is 0 Å². The maximum absolute atomic E-state index is 10.9. The summed E-state index contributed by atoms with van der Waals surface area (Å²) in [7, 11) is -4.76. The van der Waals surface area contributed by atoms with E-state index in [0.717, 1.165) is 0 Å². The molecule has 0 spiro atoms. The van der Waals surface area contributed by atoms with E-state index in [2.05, 4.69) is 10.3 Å². The summed E-state index contributed by atoms with van der Waals surface area (Å²) in [4.78, 5) is 3.24. The summed E-state index contributed by atoms with van der Waals surface area (Å²) < 4.78 is 27.9. The predicted octanol–water partition coefficient (Wildman–Crippen LogP) is 2.46. The molecule has 0 aliphatic carbocycles. The van der Waals surface area contributed by atoms with Crippen molar-refractivity contribution in [2.45, 2.75) is 4.33 Å². The quantitative estimate of drug-likeness (QED) is 0.245. The highest BCUT2D eigenvalue weighted by molar-refractivity contribution is 7.89. The smallest absolute Gasteiger partial charge is 0.311 e. The number of amidine groups is 1. The minimum atomic E-state index is -4.76. The fraction of sp³-hybridized carbons (Fsp3) is 0.100. The van der Waals surface area contributed by atoms with Gasteiger partial charge in [0.05, 0.1) is 0 Å². The van der Waals surface area contributed by atoms with Crippen LogP contribution in [0.5, 0.6) is 0 Å². The Morgan fingerprint density at radius 1 is 1.18 bits per heavy atom. The van der Waals surface area contributed by atoms with Gasteiger partial charge < -0.3 is 16.8 Å². The second-order valence-corrected chi connectivity index (χ2v) is 7.29. The van der Waals surface area contributed by atoms with Crippen LogP contribution in [0.15, 0.2) is 39.4 Å². The van der Waals surface area contributed by atoms with Gasteiger partial charge >= 0.3 is 14.4 Å². The summed E-state index contributed by atoms with van der Waals surface area (Å²) in [6.45, 7) is 0. The molecule has 0 amide bonds. The van der Waals surface area contributed by atoms with E-state index in [0.29, 0.717) is 11.4 Å². The zero-order valence-electron chi connectivity index (χ0n) is 10.6. The Bertz CT molecular complexity index is 720. The zero-order chi connectivity index (χ0) is 17.1. The molecule has 0 radical (unpaired) electrons. The number of hydrogen-bond donors (Lipinski definition) is 4. The Kier molecular flexibility index (Phi) is 6.19. The van der Waals surface area contributed by atoms with E-state index < -0.39 is 24.8 Å². The summed E-state index contributed by atoms with van der Waals surface area (Å²) in [5.74, 6) is 0. The molecule has 0 fully saturated rings. The number of benzene rings is 1. The first kappa shape index (κ1) is 19.1. The van der Waals surface area contributed by atoms with Crippen molar-refractivity contribution in [2.24, 2.45) is 4.99 Å². The van der Waals surface area contributed by atoms with Gasteiger partial charge in [-0.3, -0.25) is 4.55 Å². The molecule has 0 aromatic heterocycles. The van der Waals surface area contributed by atoms with Crippen molar-refractivity contribution in [3.05, 3.63) is 34.5 Å². The van der Waals surface area contributed by atoms with Crippen LogP contribution < -0.4 is 16.8 Å². The van der Waals surface area contributed by atoms with E-state index in [9.17, 15) is 8.42 Å². The van der Waals surface area contributed by atoms with Crippen molar-refractivity contribution in [2.75, 3.05) is 11.5 Å². The predicted molar refractivity (Wildman–Crippen MR) is 90.6 cm³/mol. The molecule has 0 saturated carbocycles. The number of nitrogens with one attached hydrogen (secondary N) is 1. The normalized spacial score (nSPS) is 21.4. The summed E-state index contributed by atoms with van der Waals surface area (Å²) in [6, 6.07) is 7.15. The Morgan fingerprint density at radius 3 is 2.05 bits per heavy atom. The van der Waals surface area contributed by atoms with Crippen LogP contribution >= 0.6 is 46.4 Å². The largest absolute Gasteiger partial charge is 0.399 e. The number of anilines is 2. The molecule has 1 aliphatic heterocycles. The molecule has 1 atom stereocenters. The molecular weight excluding hydrogens is 398 g/mol. The Labute approximate surface area is 146 Å². The average Bonchev–Trinajstić information content (AvgIpc) is 2.35. The van der Waals surface area contributed by atoms with E-state index in [-0.39, 0.29) is 5.16 Å². The van der Waals surface area contributed by atoms with Crippen LogP contribution in [0.1, 0.15) is 0 Å². The van der Waals surface area contributed by atoms with E-state index in [1.807, 2.05) is 6.07 Å². The minimum absolute atomic E-state index is 0.320. The van der Waals surface area contributed by atoms with Gasteiger partial charge in [0.2, 0.25) is 0 Å². The fourth-order valence-corrected chi connectivity index (χ4v) is 3.00. The number of alkyl halides is 1. The summed E-state index contributed by atoms with van der Waals surface area (Å²) in [5, 5.41) is 0.932. The van der Waals surface area contributed by atoms with Gasteiger partial charge in [-0.15, -0.1) is 0 Å². The molecule has 6 N–H and O–H groups in total. The van der Waals surface area contributed by atoms with E-state index in [1.165, 1.54) is 0 Å². The number of halogens is 4. The monoisotopic (exact) mass is 406 g/mol. The molecule has 1 unspecified atom stereocenters. The number of nitrogen functional groups attached to an aromatic ring is 2. The molecule has 0 bridgehead atoms. The number of rotatable bonds is 1. The van der Waals surface area contributed by atoms with Crippen LogP contribution in [0.3, 0.4) is 0 Å². The second kappa shape index (κ2) is 7.12. The number of hydrogen-bond acceptors (Lipinski definition) is 6. The van der Waals surface area contributed by atoms with Crippen molar-refractivity contribution in [1.29, 1.82) is 0 Å². The maximum Gasteiger partial charge on any atom is 0.311 e. The third-order valence-electron chi connectivity index (χ3n) is 2.17. The molecule has 12 heteroatoms. The van der Waals surface area contributed by atoms with Crippen LogP contribution in [0, 0.1) is 0 Å². The number of aliphatic imine (C=N–C) groups is 1. The van der Waals surface area contributed by atoms with Crippen molar-refractivity contribution in [3.63, 3.8) is 0 Å². The zero-order valence-corrected chi connectivity index (χ0v) is 14.4. The number of nitrogens with zero attached hydrogens (tertiary/aromatic N) is 1. The molecule has 122 valence electrons. The van der Waals surface area contributed by atoms with Gasteiger partial charge in [-0.05, 0) is 29.8 Å². The molecule has 2 rings (SSSR count). The van der Waals surface area contributed by atoms with E-state index in [1.54, 1.807) is 18.2 Å². The van der Waals surface area contributed by atoms with Crippen LogP contribution in [-0.4, -0.2) is 22.6 Å². The van der Waals surface area contributed by atoms with Gasteiger partial charge in [0.25, 0.3) is 0 Å². The van der Waals surface area contributed by atoms with Crippen molar-refractivity contribution in [1.82, 2.24) is 5.32 Å². The molecule has 0 saturated heterocycles. The summed E-state index contributed by atoms with van der Waals surface area (Å²) in [6.07, 6.45) is 0.